The van der Waals surface area contributed by atoms with Gasteiger partial charge in [0.1, 0.15) is 18.1 Å². The number of carbonyl (C=O) groups is 1. The van der Waals surface area contributed by atoms with Crippen LogP contribution in [0.4, 0.5) is 0 Å². The molecule has 1 heterocycles. The number of methoxy groups -OCH3 is 1. The average Bonchev–Trinajstić information content (AvgIpc) is 2.43. The lowest BCUT2D eigenvalue weighted by Crippen LogP contribution is -2.32. The Morgan fingerprint density at radius 2 is 2.39 bits per heavy atom. The zero-order valence-electron chi connectivity index (χ0n) is 10.2. The summed E-state index contributed by atoms with van der Waals surface area (Å²) in [5, 5.41) is 2.72. The molecule has 0 bridgehead atoms. The lowest BCUT2D eigenvalue weighted by Gasteiger charge is -2.18. The van der Waals surface area contributed by atoms with Gasteiger partial charge in [0.25, 0.3) is 5.91 Å². The van der Waals surface area contributed by atoms with Crippen LogP contribution in [0, 0.1) is 0 Å². The Bertz CT molecular complexity index is 483. The van der Waals surface area contributed by atoms with E-state index in [1.807, 2.05) is 24.3 Å². The van der Waals surface area contributed by atoms with Crippen LogP contribution in [0.25, 0.3) is 6.08 Å². The fourth-order valence-electron chi connectivity index (χ4n) is 1.71. The number of amides is 1. The Labute approximate surface area is 106 Å². The number of nitrogens with one attached hydrogen (secondary N) is 1. The third-order valence-electron chi connectivity index (χ3n) is 2.65. The van der Waals surface area contributed by atoms with Crippen molar-refractivity contribution in [3.63, 3.8) is 0 Å². The highest BCUT2D eigenvalue weighted by molar-refractivity contribution is 5.99. The summed E-state index contributed by atoms with van der Waals surface area (Å²) in [7, 11) is 1.60. The molecule has 3 N–H and O–H groups in total. The van der Waals surface area contributed by atoms with Crippen molar-refractivity contribution in [3.8, 4) is 11.5 Å². The van der Waals surface area contributed by atoms with E-state index in [1.54, 1.807) is 7.11 Å². The van der Waals surface area contributed by atoms with Gasteiger partial charge in [-0.3, -0.25) is 4.79 Å². The van der Waals surface area contributed by atoms with Crippen LogP contribution in [0.15, 0.2) is 23.8 Å². The molecule has 1 aromatic carbocycles. The highest BCUT2D eigenvalue weighted by Gasteiger charge is 2.17. The number of nitrogens with two attached hydrogens (primary N) is 1. The fraction of sp³-hybridized carbons (Fsp3) is 0.308. The largest absolute Gasteiger partial charge is 0.497 e. The van der Waals surface area contributed by atoms with Crippen molar-refractivity contribution in [1.29, 1.82) is 0 Å². The normalized spacial score (nSPS) is 13.1. The first-order chi connectivity index (χ1) is 8.74. The lowest BCUT2D eigenvalue weighted by atomic mass is 10.1. The molecule has 5 heteroatoms. The molecule has 0 spiro atoms. The molecule has 0 aromatic heterocycles. The first kappa shape index (κ1) is 12.4. The Hall–Kier alpha value is -2.01. The molecule has 1 aliphatic rings. The summed E-state index contributed by atoms with van der Waals surface area (Å²) in [5.74, 6) is 1.34. The number of hydrogen-bond acceptors (Lipinski definition) is 4. The van der Waals surface area contributed by atoms with Gasteiger partial charge in [0.05, 0.1) is 12.7 Å². The van der Waals surface area contributed by atoms with Gasteiger partial charge in [-0.2, -0.15) is 0 Å². The molecule has 0 fully saturated rings. The molecule has 96 valence electrons. The Kier molecular flexibility index (Phi) is 3.84. The molecule has 5 nitrogen and oxygen atoms in total. The van der Waals surface area contributed by atoms with Crippen molar-refractivity contribution in [2.75, 3.05) is 26.8 Å². The lowest BCUT2D eigenvalue weighted by molar-refractivity contribution is -0.117. The predicted octanol–water partition coefficient (Wildman–Crippen LogP) is 0.546. The van der Waals surface area contributed by atoms with Crippen molar-refractivity contribution in [2.45, 2.75) is 0 Å². The van der Waals surface area contributed by atoms with Gasteiger partial charge in [0, 0.05) is 18.7 Å². The van der Waals surface area contributed by atoms with Crippen LogP contribution >= 0.6 is 0 Å². The van der Waals surface area contributed by atoms with E-state index in [9.17, 15) is 4.79 Å². The molecule has 0 saturated carbocycles. The van der Waals surface area contributed by atoms with E-state index in [0.29, 0.717) is 18.7 Å². The summed E-state index contributed by atoms with van der Waals surface area (Å²) in [4.78, 5) is 11.8. The van der Waals surface area contributed by atoms with Gasteiger partial charge < -0.3 is 20.5 Å². The highest BCUT2D eigenvalue weighted by atomic mass is 16.5. The quantitative estimate of drug-likeness (QED) is 0.816. The summed E-state index contributed by atoms with van der Waals surface area (Å²) >= 11 is 0. The second kappa shape index (κ2) is 5.55. The first-order valence-electron chi connectivity index (χ1n) is 5.74. The molecule has 2 rings (SSSR count). The number of benzene rings is 1. The second-order valence-corrected chi connectivity index (χ2v) is 3.91. The Morgan fingerprint density at radius 1 is 1.56 bits per heavy atom. The van der Waals surface area contributed by atoms with E-state index in [1.165, 1.54) is 0 Å². The third kappa shape index (κ3) is 2.62. The molecule has 1 aromatic rings. The van der Waals surface area contributed by atoms with E-state index >= 15 is 0 Å². The summed E-state index contributed by atoms with van der Waals surface area (Å²) < 4.78 is 10.7. The van der Waals surface area contributed by atoms with Gasteiger partial charge in [0.2, 0.25) is 0 Å². The first-order valence-corrected chi connectivity index (χ1v) is 5.74. The van der Waals surface area contributed by atoms with E-state index in [2.05, 4.69) is 5.32 Å². The van der Waals surface area contributed by atoms with Gasteiger partial charge in [-0.15, -0.1) is 0 Å². The van der Waals surface area contributed by atoms with Crippen molar-refractivity contribution < 1.29 is 14.3 Å². The Balaban J connectivity index is 2.20. The monoisotopic (exact) mass is 248 g/mol. The van der Waals surface area contributed by atoms with Crippen molar-refractivity contribution in [3.05, 3.63) is 29.3 Å². The van der Waals surface area contributed by atoms with Crippen LogP contribution < -0.4 is 20.5 Å². The fourth-order valence-corrected chi connectivity index (χ4v) is 1.71. The average molecular weight is 248 g/mol. The zero-order valence-corrected chi connectivity index (χ0v) is 10.2. The van der Waals surface area contributed by atoms with Crippen molar-refractivity contribution in [1.82, 2.24) is 5.32 Å². The molecule has 0 radical (unpaired) electrons. The minimum atomic E-state index is -0.145. The second-order valence-electron chi connectivity index (χ2n) is 3.91. The maximum absolute atomic E-state index is 11.8. The van der Waals surface area contributed by atoms with E-state index in [0.717, 1.165) is 17.1 Å². The van der Waals surface area contributed by atoms with E-state index in [4.69, 9.17) is 15.2 Å². The molecule has 18 heavy (non-hydrogen) atoms. The molecular weight excluding hydrogens is 232 g/mol. The van der Waals surface area contributed by atoms with Gasteiger partial charge >= 0.3 is 0 Å². The number of carbonyl (C=O) groups excluding carboxylic acids is 1. The predicted molar refractivity (Wildman–Crippen MR) is 68.5 cm³/mol. The molecular formula is C13H16N2O3. The van der Waals surface area contributed by atoms with Crippen molar-refractivity contribution in [2.24, 2.45) is 5.73 Å². The summed E-state index contributed by atoms with van der Waals surface area (Å²) in [6.07, 6.45) is 1.81. The van der Waals surface area contributed by atoms with Gasteiger partial charge in [-0.1, -0.05) is 0 Å². The third-order valence-corrected chi connectivity index (χ3v) is 2.65. The van der Waals surface area contributed by atoms with Gasteiger partial charge in [-0.05, 0) is 24.3 Å². The van der Waals surface area contributed by atoms with Crippen LogP contribution in [0.2, 0.25) is 0 Å². The van der Waals surface area contributed by atoms with Gasteiger partial charge in [0.15, 0.2) is 0 Å². The number of hydrogen-bond donors (Lipinski definition) is 2. The van der Waals surface area contributed by atoms with Crippen LogP contribution in [0.5, 0.6) is 11.5 Å². The molecule has 0 saturated heterocycles. The molecule has 0 unspecified atom stereocenters. The minimum Gasteiger partial charge on any atom is -0.497 e. The summed E-state index contributed by atoms with van der Waals surface area (Å²) in [5.41, 5.74) is 6.77. The molecule has 0 atom stereocenters. The smallest absolute Gasteiger partial charge is 0.250 e. The highest BCUT2D eigenvalue weighted by Crippen LogP contribution is 2.29. The van der Waals surface area contributed by atoms with Crippen LogP contribution in [0.3, 0.4) is 0 Å². The van der Waals surface area contributed by atoms with Crippen LogP contribution in [-0.4, -0.2) is 32.7 Å². The van der Waals surface area contributed by atoms with Crippen LogP contribution in [-0.2, 0) is 4.79 Å². The number of rotatable bonds is 4. The SMILES string of the molecule is COc1ccc2c(c1)C=C(C(=O)NCCN)CO2. The Morgan fingerprint density at radius 3 is 3.11 bits per heavy atom. The topological polar surface area (TPSA) is 73.6 Å². The van der Waals surface area contributed by atoms with Crippen molar-refractivity contribution >= 4 is 12.0 Å². The van der Waals surface area contributed by atoms with Crippen LogP contribution in [0.1, 0.15) is 5.56 Å². The van der Waals surface area contributed by atoms with E-state index < -0.39 is 0 Å². The molecule has 1 amide bonds. The minimum absolute atomic E-state index is 0.145. The molecule has 1 aliphatic heterocycles. The molecule has 0 aliphatic carbocycles. The number of ether oxygens (including phenoxy) is 2. The summed E-state index contributed by atoms with van der Waals surface area (Å²) in [6, 6.07) is 5.50. The van der Waals surface area contributed by atoms with E-state index in [-0.39, 0.29) is 12.5 Å². The zero-order chi connectivity index (χ0) is 13.0. The maximum atomic E-state index is 11.8. The maximum Gasteiger partial charge on any atom is 0.250 e. The number of fused-ring (bicyclic) bond motifs is 1. The standard InChI is InChI=1S/C13H16N2O3/c1-17-11-2-3-12-9(7-11)6-10(8-18-12)13(16)15-5-4-14/h2-3,6-7H,4-5,8,14H2,1H3,(H,15,16). The summed E-state index contributed by atoms with van der Waals surface area (Å²) in [6.45, 7) is 1.15. The van der Waals surface area contributed by atoms with Gasteiger partial charge in [-0.25, -0.2) is 0 Å².